The zero-order valence-electron chi connectivity index (χ0n) is 14.4. The Morgan fingerprint density at radius 3 is 2.64 bits per heavy atom. The molecule has 0 radical (unpaired) electrons. The lowest BCUT2D eigenvalue weighted by Crippen LogP contribution is -2.36. The number of rotatable bonds is 5. The van der Waals surface area contributed by atoms with Crippen molar-refractivity contribution in [2.24, 2.45) is 11.1 Å². The number of halogens is 1. The van der Waals surface area contributed by atoms with Gasteiger partial charge in [-0.1, -0.05) is 54.9 Å². The van der Waals surface area contributed by atoms with Gasteiger partial charge in [0.1, 0.15) is 5.75 Å². The van der Waals surface area contributed by atoms with Crippen molar-refractivity contribution < 1.29 is 9.53 Å². The highest BCUT2D eigenvalue weighted by atomic mass is 35.5. The monoisotopic (exact) mass is 358 g/mol. The molecule has 1 saturated heterocycles. The molecule has 2 aromatic carbocycles. The predicted octanol–water partition coefficient (Wildman–Crippen LogP) is 3.58. The van der Waals surface area contributed by atoms with E-state index in [-0.39, 0.29) is 17.9 Å². The van der Waals surface area contributed by atoms with Crippen molar-refractivity contribution in [3.8, 4) is 16.9 Å². The number of carbonyl (C=O) groups excluding carboxylic acids is 1. The molecule has 1 aliphatic rings. The van der Waals surface area contributed by atoms with Crippen LogP contribution in [0.1, 0.15) is 13.3 Å². The topological polar surface area (TPSA) is 55.6 Å². The summed E-state index contributed by atoms with van der Waals surface area (Å²) in [4.78, 5) is 14.2. The van der Waals surface area contributed by atoms with Crippen molar-refractivity contribution >= 4 is 17.5 Å². The van der Waals surface area contributed by atoms with Crippen LogP contribution in [-0.4, -0.2) is 37.0 Å². The fourth-order valence-electron chi connectivity index (χ4n) is 3.06. The van der Waals surface area contributed by atoms with Crippen LogP contribution in [0.2, 0.25) is 5.02 Å². The fourth-order valence-corrected chi connectivity index (χ4v) is 3.30. The molecule has 1 unspecified atom stereocenters. The Hall–Kier alpha value is -2.04. The number of amides is 1. The lowest BCUT2D eigenvalue weighted by Gasteiger charge is -2.22. The van der Waals surface area contributed by atoms with Crippen LogP contribution in [-0.2, 0) is 4.79 Å². The minimum Gasteiger partial charge on any atom is -0.482 e. The van der Waals surface area contributed by atoms with Crippen LogP contribution in [0.4, 0.5) is 0 Å². The number of hydrogen-bond donors (Lipinski definition) is 1. The second kappa shape index (κ2) is 7.46. The molecule has 0 spiro atoms. The van der Waals surface area contributed by atoms with Gasteiger partial charge in [-0.2, -0.15) is 0 Å². The molecule has 0 saturated carbocycles. The van der Waals surface area contributed by atoms with Gasteiger partial charge in [0.05, 0.1) is 5.02 Å². The highest BCUT2D eigenvalue weighted by molar-refractivity contribution is 6.32. The molecule has 0 aromatic heterocycles. The van der Waals surface area contributed by atoms with Crippen LogP contribution in [0.25, 0.3) is 11.1 Å². The first kappa shape index (κ1) is 17.8. The van der Waals surface area contributed by atoms with E-state index >= 15 is 0 Å². The van der Waals surface area contributed by atoms with E-state index in [0.717, 1.165) is 24.1 Å². The summed E-state index contributed by atoms with van der Waals surface area (Å²) in [7, 11) is 0. The van der Waals surface area contributed by atoms with Gasteiger partial charge < -0.3 is 15.4 Å². The van der Waals surface area contributed by atoms with E-state index in [0.29, 0.717) is 23.9 Å². The molecule has 1 heterocycles. The van der Waals surface area contributed by atoms with Crippen molar-refractivity contribution in [2.45, 2.75) is 13.3 Å². The lowest BCUT2D eigenvalue weighted by molar-refractivity contribution is -0.132. The summed E-state index contributed by atoms with van der Waals surface area (Å²) in [6.45, 7) is 4.11. The molecule has 4 nitrogen and oxygen atoms in total. The first-order chi connectivity index (χ1) is 12.0. The summed E-state index contributed by atoms with van der Waals surface area (Å²) in [5, 5.41) is 0.502. The third-order valence-corrected chi connectivity index (χ3v) is 5.09. The quantitative estimate of drug-likeness (QED) is 0.888. The van der Waals surface area contributed by atoms with Gasteiger partial charge >= 0.3 is 0 Å². The Balaban J connectivity index is 1.61. The summed E-state index contributed by atoms with van der Waals surface area (Å²) >= 11 is 6.32. The number of ether oxygens (including phenoxy) is 1. The van der Waals surface area contributed by atoms with Crippen molar-refractivity contribution in [3.63, 3.8) is 0 Å². The van der Waals surface area contributed by atoms with Crippen LogP contribution < -0.4 is 10.5 Å². The van der Waals surface area contributed by atoms with Gasteiger partial charge in [-0.25, -0.2) is 0 Å². The molecule has 1 amide bonds. The van der Waals surface area contributed by atoms with Crippen molar-refractivity contribution in [1.29, 1.82) is 0 Å². The summed E-state index contributed by atoms with van der Waals surface area (Å²) in [5.74, 6) is 0.496. The van der Waals surface area contributed by atoms with E-state index in [2.05, 4.69) is 6.92 Å². The summed E-state index contributed by atoms with van der Waals surface area (Å²) < 4.78 is 5.65. The zero-order chi connectivity index (χ0) is 17.9. The van der Waals surface area contributed by atoms with Crippen molar-refractivity contribution in [1.82, 2.24) is 4.90 Å². The standard InChI is InChI=1S/C20H23ClN2O2/c1-20(13-22)9-10-23(14-20)19(24)12-25-18-8-7-16(11-17(18)21)15-5-3-2-4-6-15/h2-8,11H,9-10,12-14,22H2,1H3. The summed E-state index contributed by atoms with van der Waals surface area (Å²) in [6.07, 6.45) is 0.932. The molecule has 0 aliphatic carbocycles. The molecular formula is C20H23ClN2O2. The second-order valence-electron chi connectivity index (χ2n) is 6.88. The largest absolute Gasteiger partial charge is 0.482 e. The van der Waals surface area contributed by atoms with Crippen LogP contribution in [0.5, 0.6) is 5.75 Å². The van der Waals surface area contributed by atoms with Gasteiger partial charge in [0.2, 0.25) is 0 Å². The molecule has 25 heavy (non-hydrogen) atoms. The Morgan fingerprint density at radius 2 is 2.00 bits per heavy atom. The molecular weight excluding hydrogens is 336 g/mol. The normalized spacial score (nSPS) is 19.9. The van der Waals surface area contributed by atoms with E-state index in [9.17, 15) is 4.79 Å². The van der Waals surface area contributed by atoms with Gasteiger partial charge in [-0.05, 0) is 41.6 Å². The number of likely N-dealkylation sites (tertiary alicyclic amines) is 1. The average molecular weight is 359 g/mol. The fraction of sp³-hybridized carbons (Fsp3) is 0.350. The minimum atomic E-state index is -0.0274. The highest BCUT2D eigenvalue weighted by Gasteiger charge is 2.34. The van der Waals surface area contributed by atoms with E-state index in [1.165, 1.54) is 0 Å². The SMILES string of the molecule is CC1(CN)CCN(C(=O)COc2ccc(-c3ccccc3)cc2Cl)C1. The predicted molar refractivity (Wildman–Crippen MR) is 101 cm³/mol. The van der Waals surface area contributed by atoms with Crippen molar-refractivity contribution in [3.05, 3.63) is 53.6 Å². The molecule has 0 bridgehead atoms. The number of hydrogen-bond acceptors (Lipinski definition) is 3. The average Bonchev–Trinajstić information content (AvgIpc) is 3.04. The molecule has 1 fully saturated rings. The molecule has 1 aliphatic heterocycles. The third kappa shape index (κ3) is 4.14. The first-order valence-corrected chi connectivity index (χ1v) is 8.84. The van der Waals surface area contributed by atoms with Crippen LogP contribution >= 0.6 is 11.6 Å². The Labute approximate surface area is 153 Å². The Kier molecular flexibility index (Phi) is 5.30. The van der Waals surface area contributed by atoms with Gasteiger partial charge in [0.25, 0.3) is 5.91 Å². The van der Waals surface area contributed by atoms with Gasteiger partial charge in [-0.15, -0.1) is 0 Å². The van der Waals surface area contributed by atoms with Crippen molar-refractivity contribution in [2.75, 3.05) is 26.2 Å². The molecule has 2 aromatic rings. The highest BCUT2D eigenvalue weighted by Crippen LogP contribution is 2.31. The maximum Gasteiger partial charge on any atom is 0.260 e. The second-order valence-corrected chi connectivity index (χ2v) is 7.29. The Morgan fingerprint density at radius 1 is 1.24 bits per heavy atom. The molecule has 5 heteroatoms. The molecule has 3 rings (SSSR count). The Bertz CT molecular complexity index is 751. The van der Waals surface area contributed by atoms with Gasteiger partial charge in [-0.3, -0.25) is 4.79 Å². The number of nitrogens with zero attached hydrogens (tertiary/aromatic N) is 1. The van der Waals surface area contributed by atoms with Crippen LogP contribution in [0.3, 0.4) is 0 Å². The lowest BCUT2D eigenvalue weighted by atomic mass is 9.90. The van der Waals surface area contributed by atoms with E-state index in [1.54, 1.807) is 0 Å². The van der Waals surface area contributed by atoms with Gasteiger partial charge in [0.15, 0.2) is 6.61 Å². The van der Waals surface area contributed by atoms with E-state index in [4.69, 9.17) is 22.1 Å². The van der Waals surface area contributed by atoms with Gasteiger partial charge in [0, 0.05) is 13.1 Å². The van der Waals surface area contributed by atoms with E-state index < -0.39 is 0 Å². The summed E-state index contributed by atoms with van der Waals surface area (Å²) in [5.41, 5.74) is 7.91. The third-order valence-electron chi connectivity index (χ3n) is 4.79. The smallest absolute Gasteiger partial charge is 0.260 e. The van der Waals surface area contributed by atoms with E-state index in [1.807, 2.05) is 53.4 Å². The molecule has 1 atom stereocenters. The maximum absolute atomic E-state index is 12.3. The molecule has 2 N–H and O–H groups in total. The van der Waals surface area contributed by atoms with Crippen LogP contribution in [0, 0.1) is 5.41 Å². The number of carbonyl (C=O) groups is 1. The minimum absolute atomic E-state index is 0.00887. The first-order valence-electron chi connectivity index (χ1n) is 8.46. The molecule has 132 valence electrons. The maximum atomic E-state index is 12.3. The van der Waals surface area contributed by atoms with Crippen LogP contribution in [0.15, 0.2) is 48.5 Å². The number of benzene rings is 2. The number of nitrogens with two attached hydrogens (primary N) is 1. The zero-order valence-corrected chi connectivity index (χ0v) is 15.1. The summed E-state index contributed by atoms with van der Waals surface area (Å²) in [6, 6.07) is 15.6.